The van der Waals surface area contributed by atoms with Gasteiger partial charge in [-0.2, -0.15) is 0 Å². The van der Waals surface area contributed by atoms with Crippen LogP contribution in [0.25, 0.3) is 5.69 Å². The van der Waals surface area contributed by atoms with Gasteiger partial charge in [0.2, 0.25) is 0 Å². The molecule has 3 rings (SSSR count). The van der Waals surface area contributed by atoms with Gasteiger partial charge in [-0.25, -0.2) is 9.67 Å². The first-order valence-corrected chi connectivity index (χ1v) is 6.91. The van der Waals surface area contributed by atoms with Crippen molar-refractivity contribution >= 4 is 11.6 Å². The topological polar surface area (TPSA) is 48.5 Å². The summed E-state index contributed by atoms with van der Waals surface area (Å²) < 4.78 is 3.80. The number of hydrogen-bond donors (Lipinski definition) is 0. The second kappa shape index (κ2) is 5.88. The van der Waals surface area contributed by atoms with E-state index in [1.165, 1.54) is 5.56 Å². The Kier molecular flexibility index (Phi) is 3.78. The van der Waals surface area contributed by atoms with Gasteiger partial charge in [-0.05, 0) is 17.7 Å². The quantitative estimate of drug-likeness (QED) is 0.677. The summed E-state index contributed by atoms with van der Waals surface area (Å²) >= 11 is 5.69. The van der Waals surface area contributed by atoms with Gasteiger partial charge in [0.15, 0.2) is 0 Å². The fourth-order valence-electron chi connectivity index (χ4n) is 2.00. The van der Waals surface area contributed by atoms with E-state index in [1.807, 2.05) is 21.6 Å². The maximum atomic E-state index is 5.69. The van der Waals surface area contributed by atoms with Crippen molar-refractivity contribution in [2.45, 2.75) is 13.0 Å². The molecule has 0 aliphatic heterocycles. The van der Waals surface area contributed by atoms with E-state index in [9.17, 15) is 0 Å². The van der Waals surface area contributed by atoms with Crippen molar-refractivity contribution in [1.29, 1.82) is 0 Å². The highest BCUT2D eigenvalue weighted by atomic mass is 35.5. The van der Waals surface area contributed by atoms with Crippen LogP contribution in [-0.4, -0.2) is 30.4 Å². The molecule has 0 aliphatic rings. The van der Waals surface area contributed by atoms with Crippen LogP contribution in [0.1, 0.15) is 11.3 Å². The first-order chi connectivity index (χ1) is 9.85. The molecule has 1 aromatic carbocycles. The van der Waals surface area contributed by atoms with Gasteiger partial charge in [0.05, 0.1) is 18.6 Å². The van der Waals surface area contributed by atoms with E-state index in [1.54, 1.807) is 12.5 Å². The van der Waals surface area contributed by atoms with Gasteiger partial charge < -0.3 is 4.57 Å². The number of benzene rings is 1. The highest BCUT2D eigenvalue weighted by Gasteiger charge is 2.02. The molecule has 0 N–H and O–H groups in total. The summed E-state index contributed by atoms with van der Waals surface area (Å²) in [6, 6.07) is 8.29. The number of aromatic nitrogens is 5. The smallest absolute Gasteiger partial charge is 0.0991 e. The Balaban J connectivity index is 1.71. The maximum Gasteiger partial charge on any atom is 0.0991 e. The Morgan fingerprint density at radius 2 is 2.00 bits per heavy atom. The number of alkyl halides is 1. The molecule has 5 nitrogen and oxygen atoms in total. The molecule has 0 spiro atoms. The molecule has 0 bridgehead atoms. The lowest BCUT2D eigenvalue weighted by Crippen LogP contribution is -2.00. The van der Waals surface area contributed by atoms with Crippen LogP contribution in [0.4, 0.5) is 0 Å². The van der Waals surface area contributed by atoms with Crippen LogP contribution >= 0.6 is 11.6 Å². The summed E-state index contributed by atoms with van der Waals surface area (Å²) in [6.45, 7) is 0.708. The van der Waals surface area contributed by atoms with Crippen LogP contribution in [0.15, 0.2) is 49.2 Å². The fraction of sp³-hybridized carbons (Fsp3) is 0.214. The number of aryl methyl sites for hydroxylation is 1. The van der Waals surface area contributed by atoms with Crippen molar-refractivity contribution in [3.05, 3.63) is 60.4 Å². The predicted octanol–water partition coefficient (Wildman–Crippen LogP) is 2.29. The normalized spacial score (nSPS) is 10.8. The van der Waals surface area contributed by atoms with Gasteiger partial charge in [0.1, 0.15) is 0 Å². The molecule has 2 aromatic heterocycles. The molecule has 0 atom stereocenters. The van der Waals surface area contributed by atoms with Gasteiger partial charge >= 0.3 is 0 Å². The summed E-state index contributed by atoms with van der Waals surface area (Å²) in [5.41, 5.74) is 3.19. The van der Waals surface area contributed by atoms with E-state index in [2.05, 4.69) is 39.6 Å². The van der Waals surface area contributed by atoms with E-state index in [0.717, 1.165) is 17.8 Å². The van der Waals surface area contributed by atoms with E-state index >= 15 is 0 Å². The van der Waals surface area contributed by atoms with Gasteiger partial charge in [0, 0.05) is 36.6 Å². The standard InChI is InChI=1S/C14H14ClN5/c15-6-5-13-10-20(18-17-13)9-12-1-3-14(4-2-12)19-8-7-16-11-19/h1-4,7-8,10-11H,5-6,9H2. The highest BCUT2D eigenvalue weighted by Crippen LogP contribution is 2.10. The molecule has 2 heterocycles. The van der Waals surface area contributed by atoms with Crippen molar-refractivity contribution < 1.29 is 0 Å². The highest BCUT2D eigenvalue weighted by molar-refractivity contribution is 6.17. The van der Waals surface area contributed by atoms with Gasteiger partial charge in [-0.3, -0.25) is 0 Å². The number of nitrogens with zero attached hydrogens (tertiary/aromatic N) is 5. The Bertz CT molecular complexity index is 657. The summed E-state index contributed by atoms with van der Waals surface area (Å²) in [6.07, 6.45) is 8.16. The third-order valence-electron chi connectivity index (χ3n) is 3.02. The molecule has 0 radical (unpaired) electrons. The molecule has 6 heteroatoms. The molecule has 20 heavy (non-hydrogen) atoms. The van der Waals surface area contributed by atoms with Gasteiger partial charge in [0.25, 0.3) is 0 Å². The van der Waals surface area contributed by atoms with Crippen molar-refractivity contribution in [3.63, 3.8) is 0 Å². The zero-order valence-corrected chi connectivity index (χ0v) is 11.6. The SMILES string of the molecule is ClCCc1cn(Cc2ccc(-n3ccnc3)cc2)nn1. The summed E-state index contributed by atoms with van der Waals surface area (Å²) in [5, 5.41) is 8.17. The maximum absolute atomic E-state index is 5.69. The molecule has 0 saturated carbocycles. The lowest BCUT2D eigenvalue weighted by Gasteiger charge is -2.04. The first kappa shape index (κ1) is 12.9. The summed E-state index contributed by atoms with van der Waals surface area (Å²) in [5.74, 6) is 0.568. The molecule has 0 fully saturated rings. The lowest BCUT2D eigenvalue weighted by atomic mass is 10.2. The summed E-state index contributed by atoms with van der Waals surface area (Å²) in [4.78, 5) is 4.04. The Hall–Kier alpha value is -2.14. The molecular weight excluding hydrogens is 274 g/mol. The van der Waals surface area contributed by atoms with Crippen LogP contribution in [0, 0.1) is 0 Å². The third kappa shape index (κ3) is 2.88. The second-order valence-corrected chi connectivity index (χ2v) is 4.86. The summed E-state index contributed by atoms with van der Waals surface area (Å²) in [7, 11) is 0. The van der Waals surface area contributed by atoms with Gasteiger partial charge in [-0.1, -0.05) is 17.3 Å². The van der Waals surface area contributed by atoms with E-state index in [0.29, 0.717) is 12.4 Å². The fourth-order valence-corrected chi connectivity index (χ4v) is 2.19. The monoisotopic (exact) mass is 287 g/mol. The molecule has 0 aliphatic carbocycles. The molecular formula is C14H14ClN5. The van der Waals surface area contributed by atoms with Crippen LogP contribution in [0.5, 0.6) is 0 Å². The number of rotatable bonds is 5. The Morgan fingerprint density at radius 1 is 1.15 bits per heavy atom. The Labute approximate surface area is 121 Å². The van der Waals surface area contributed by atoms with E-state index in [4.69, 9.17) is 11.6 Å². The molecule has 0 saturated heterocycles. The van der Waals surface area contributed by atoms with E-state index < -0.39 is 0 Å². The molecule has 0 unspecified atom stereocenters. The average molecular weight is 288 g/mol. The second-order valence-electron chi connectivity index (χ2n) is 4.48. The minimum absolute atomic E-state index is 0.568. The van der Waals surface area contributed by atoms with Crippen molar-refractivity contribution in [3.8, 4) is 5.69 Å². The number of imidazole rings is 1. The lowest BCUT2D eigenvalue weighted by molar-refractivity contribution is 0.649. The zero-order chi connectivity index (χ0) is 13.8. The predicted molar refractivity (Wildman–Crippen MR) is 77.1 cm³/mol. The Morgan fingerprint density at radius 3 is 2.70 bits per heavy atom. The molecule has 102 valence electrons. The van der Waals surface area contributed by atoms with Crippen LogP contribution in [0.2, 0.25) is 0 Å². The first-order valence-electron chi connectivity index (χ1n) is 6.37. The van der Waals surface area contributed by atoms with Crippen molar-refractivity contribution in [2.24, 2.45) is 0 Å². The molecule has 0 amide bonds. The zero-order valence-electron chi connectivity index (χ0n) is 10.9. The number of hydrogen-bond acceptors (Lipinski definition) is 3. The largest absolute Gasteiger partial charge is 0.306 e. The minimum atomic E-state index is 0.568. The van der Waals surface area contributed by atoms with Gasteiger partial charge in [-0.15, -0.1) is 16.7 Å². The number of halogens is 1. The van der Waals surface area contributed by atoms with Crippen LogP contribution < -0.4 is 0 Å². The van der Waals surface area contributed by atoms with Crippen molar-refractivity contribution in [1.82, 2.24) is 24.5 Å². The average Bonchev–Trinajstić information content (AvgIpc) is 3.12. The third-order valence-corrected chi connectivity index (χ3v) is 3.21. The minimum Gasteiger partial charge on any atom is -0.306 e. The van der Waals surface area contributed by atoms with Crippen molar-refractivity contribution in [2.75, 3.05) is 5.88 Å². The van der Waals surface area contributed by atoms with Crippen LogP contribution in [-0.2, 0) is 13.0 Å². The molecule has 3 aromatic rings. The van der Waals surface area contributed by atoms with Crippen LogP contribution in [0.3, 0.4) is 0 Å². The van der Waals surface area contributed by atoms with E-state index in [-0.39, 0.29) is 0 Å².